The Morgan fingerprint density at radius 1 is 1.05 bits per heavy atom. The van der Waals surface area contributed by atoms with Gasteiger partial charge in [0.1, 0.15) is 6.04 Å². The van der Waals surface area contributed by atoms with Crippen LogP contribution in [-0.2, 0) is 9.59 Å². The molecule has 0 aliphatic heterocycles. The quantitative estimate of drug-likeness (QED) is 0.729. The Balaban J connectivity index is 4.53. The third-order valence-electron chi connectivity index (χ3n) is 2.33. The molecule has 0 fully saturated rings. The number of nitrogens with one attached hydrogen (secondary N) is 2. The number of carbonyl (C=O) groups is 3. The van der Waals surface area contributed by atoms with Crippen LogP contribution in [0.15, 0.2) is 0 Å². The van der Waals surface area contributed by atoms with Gasteiger partial charge in [0, 0.05) is 6.42 Å². The van der Waals surface area contributed by atoms with Gasteiger partial charge in [-0.3, -0.25) is 10.1 Å². The second-order valence-corrected chi connectivity index (χ2v) is 6.90. The Bertz CT molecular complexity index is 364. The molecule has 0 spiro atoms. The first-order chi connectivity index (χ1) is 8.33. The SMILES string of the molecule is CC(C)(C)CC(=O)NC(=O)N[C@H](C(=O)O)C(C)(C)C. The standard InChI is InChI=1S/C13H24N2O4/c1-12(2,3)7-8(16)14-11(19)15-9(10(17)18)13(4,5)6/h9H,7H2,1-6H3,(H,17,18)(H2,14,15,16,19)/t9-/m1/s1. The van der Waals surface area contributed by atoms with Crippen molar-refractivity contribution in [2.75, 3.05) is 0 Å². The van der Waals surface area contributed by atoms with Crippen molar-refractivity contribution >= 4 is 17.9 Å². The van der Waals surface area contributed by atoms with Crippen LogP contribution in [0.2, 0.25) is 0 Å². The first-order valence-corrected chi connectivity index (χ1v) is 6.16. The van der Waals surface area contributed by atoms with Gasteiger partial charge in [0.25, 0.3) is 0 Å². The van der Waals surface area contributed by atoms with Crippen molar-refractivity contribution in [3.05, 3.63) is 0 Å². The normalized spacial score (nSPS) is 13.6. The van der Waals surface area contributed by atoms with Gasteiger partial charge in [0.05, 0.1) is 0 Å². The second-order valence-electron chi connectivity index (χ2n) is 6.90. The molecule has 110 valence electrons. The highest BCUT2D eigenvalue weighted by Crippen LogP contribution is 2.20. The van der Waals surface area contributed by atoms with Crippen LogP contribution in [0.5, 0.6) is 0 Å². The van der Waals surface area contributed by atoms with Gasteiger partial charge in [-0.15, -0.1) is 0 Å². The zero-order chi connectivity index (χ0) is 15.4. The summed E-state index contributed by atoms with van der Waals surface area (Å²) in [4.78, 5) is 34.2. The molecule has 0 aliphatic carbocycles. The fraction of sp³-hybridized carbons (Fsp3) is 0.769. The van der Waals surface area contributed by atoms with Crippen molar-refractivity contribution in [2.24, 2.45) is 10.8 Å². The summed E-state index contributed by atoms with van der Waals surface area (Å²) in [7, 11) is 0. The van der Waals surface area contributed by atoms with Gasteiger partial charge < -0.3 is 10.4 Å². The lowest BCUT2D eigenvalue weighted by molar-refractivity contribution is -0.142. The van der Waals surface area contributed by atoms with E-state index in [1.54, 1.807) is 20.8 Å². The Morgan fingerprint density at radius 3 is 1.84 bits per heavy atom. The fourth-order valence-electron chi connectivity index (χ4n) is 1.47. The summed E-state index contributed by atoms with van der Waals surface area (Å²) in [6, 6.07) is -1.84. The van der Waals surface area contributed by atoms with Crippen molar-refractivity contribution in [3.63, 3.8) is 0 Å². The molecule has 0 heterocycles. The van der Waals surface area contributed by atoms with Crippen LogP contribution in [-0.4, -0.2) is 29.1 Å². The highest BCUT2D eigenvalue weighted by Gasteiger charge is 2.33. The Kier molecular flexibility index (Phi) is 5.53. The zero-order valence-corrected chi connectivity index (χ0v) is 12.5. The van der Waals surface area contributed by atoms with Crippen molar-refractivity contribution in [1.29, 1.82) is 0 Å². The van der Waals surface area contributed by atoms with Crippen molar-refractivity contribution < 1.29 is 19.5 Å². The summed E-state index contributed by atoms with van der Waals surface area (Å²) in [5.74, 6) is -1.56. The molecular formula is C13H24N2O4. The predicted octanol–water partition coefficient (Wildman–Crippen LogP) is 1.75. The van der Waals surface area contributed by atoms with Gasteiger partial charge in [-0.05, 0) is 10.8 Å². The predicted molar refractivity (Wildman–Crippen MR) is 71.6 cm³/mol. The molecule has 3 amide bonds. The molecule has 0 bridgehead atoms. The summed E-state index contributed by atoms with van der Waals surface area (Å²) in [5, 5.41) is 13.5. The molecule has 1 atom stereocenters. The summed E-state index contributed by atoms with van der Waals surface area (Å²) in [6.45, 7) is 10.7. The molecule has 0 aliphatic rings. The van der Waals surface area contributed by atoms with Gasteiger partial charge in [-0.2, -0.15) is 0 Å². The highest BCUT2D eigenvalue weighted by atomic mass is 16.4. The number of amides is 3. The van der Waals surface area contributed by atoms with E-state index in [0.29, 0.717) is 0 Å². The number of hydrogen-bond acceptors (Lipinski definition) is 3. The molecule has 6 nitrogen and oxygen atoms in total. The number of carbonyl (C=O) groups excluding carboxylic acids is 2. The second kappa shape index (κ2) is 6.04. The first-order valence-electron chi connectivity index (χ1n) is 6.16. The third kappa shape index (κ3) is 7.43. The molecule has 0 aromatic rings. The van der Waals surface area contributed by atoms with E-state index in [9.17, 15) is 14.4 Å². The number of urea groups is 1. The van der Waals surface area contributed by atoms with E-state index < -0.39 is 29.4 Å². The number of aliphatic carboxylic acids is 1. The number of imide groups is 1. The summed E-state index contributed by atoms with van der Waals surface area (Å²) in [6.07, 6.45) is 0.188. The minimum atomic E-state index is -1.13. The van der Waals surface area contributed by atoms with Gasteiger partial charge in [-0.1, -0.05) is 41.5 Å². The largest absolute Gasteiger partial charge is 0.480 e. The maximum atomic E-state index is 11.6. The molecule has 0 radical (unpaired) electrons. The van der Waals surface area contributed by atoms with Gasteiger partial charge in [0.15, 0.2) is 0 Å². The minimum absolute atomic E-state index is 0.188. The summed E-state index contributed by atoms with van der Waals surface area (Å²) >= 11 is 0. The van der Waals surface area contributed by atoms with Crippen molar-refractivity contribution in [1.82, 2.24) is 10.6 Å². The van der Waals surface area contributed by atoms with Crippen LogP contribution >= 0.6 is 0 Å². The van der Waals surface area contributed by atoms with Gasteiger partial charge in [0.2, 0.25) is 5.91 Å². The maximum absolute atomic E-state index is 11.6. The van der Waals surface area contributed by atoms with Crippen LogP contribution < -0.4 is 10.6 Å². The average Bonchev–Trinajstić information content (AvgIpc) is 2.07. The third-order valence-corrected chi connectivity index (χ3v) is 2.33. The topological polar surface area (TPSA) is 95.5 Å². The lowest BCUT2D eigenvalue weighted by Gasteiger charge is -2.27. The van der Waals surface area contributed by atoms with E-state index >= 15 is 0 Å². The lowest BCUT2D eigenvalue weighted by atomic mass is 9.87. The van der Waals surface area contributed by atoms with Gasteiger partial charge >= 0.3 is 12.0 Å². The van der Waals surface area contributed by atoms with Crippen LogP contribution in [0, 0.1) is 10.8 Å². The lowest BCUT2D eigenvalue weighted by Crippen LogP contribution is -2.53. The van der Waals surface area contributed by atoms with Crippen LogP contribution in [0.3, 0.4) is 0 Å². The number of rotatable bonds is 3. The van der Waals surface area contributed by atoms with E-state index in [0.717, 1.165) is 0 Å². The molecule has 0 rings (SSSR count). The first kappa shape index (κ1) is 17.4. The summed E-state index contributed by atoms with van der Waals surface area (Å²) in [5.41, 5.74) is -0.878. The molecule has 0 aromatic heterocycles. The molecule has 0 aromatic carbocycles. The van der Waals surface area contributed by atoms with Crippen LogP contribution in [0.25, 0.3) is 0 Å². The summed E-state index contributed by atoms with van der Waals surface area (Å²) < 4.78 is 0. The van der Waals surface area contributed by atoms with Crippen LogP contribution in [0.1, 0.15) is 48.0 Å². The molecule has 0 saturated heterocycles. The van der Waals surface area contributed by atoms with Crippen molar-refractivity contribution in [3.8, 4) is 0 Å². The number of carboxylic acid groups (broad SMARTS) is 1. The monoisotopic (exact) mass is 272 g/mol. The fourth-order valence-corrected chi connectivity index (χ4v) is 1.47. The van der Waals surface area contributed by atoms with E-state index in [1.165, 1.54) is 0 Å². The van der Waals surface area contributed by atoms with E-state index in [4.69, 9.17) is 5.11 Å². The van der Waals surface area contributed by atoms with Gasteiger partial charge in [-0.25, -0.2) is 9.59 Å². The molecule has 0 unspecified atom stereocenters. The van der Waals surface area contributed by atoms with E-state index in [1.807, 2.05) is 20.8 Å². The van der Waals surface area contributed by atoms with Crippen molar-refractivity contribution in [2.45, 2.75) is 54.0 Å². The Hall–Kier alpha value is -1.59. The molecule has 19 heavy (non-hydrogen) atoms. The number of hydrogen-bond donors (Lipinski definition) is 3. The highest BCUT2D eigenvalue weighted by molar-refractivity contribution is 5.96. The Morgan fingerprint density at radius 2 is 1.53 bits per heavy atom. The molecular weight excluding hydrogens is 248 g/mol. The molecule has 3 N–H and O–H groups in total. The zero-order valence-electron chi connectivity index (χ0n) is 12.5. The Labute approximate surface area is 113 Å². The van der Waals surface area contributed by atoms with Crippen LogP contribution in [0.4, 0.5) is 4.79 Å². The minimum Gasteiger partial charge on any atom is -0.480 e. The maximum Gasteiger partial charge on any atom is 0.326 e. The molecule has 0 saturated carbocycles. The van der Waals surface area contributed by atoms with E-state index in [-0.39, 0.29) is 11.8 Å². The number of carboxylic acids is 1. The van der Waals surface area contributed by atoms with E-state index in [2.05, 4.69) is 10.6 Å². The molecule has 6 heteroatoms. The smallest absolute Gasteiger partial charge is 0.326 e. The average molecular weight is 272 g/mol.